The second-order valence-corrected chi connectivity index (χ2v) is 7.59. The van der Waals surface area contributed by atoms with Gasteiger partial charge in [-0.2, -0.15) is 0 Å². The van der Waals surface area contributed by atoms with E-state index in [1.165, 1.54) is 15.0 Å². The van der Waals surface area contributed by atoms with Gasteiger partial charge in [0.15, 0.2) is 17.3 Å². The Kier molecular flexibility index (Phi) is 4.51. The largest absolute Gasteiger partial charge is 0.493 e. The van der Waals surface area contributed by atoms with Gasteiger partial charge in [0.05, 0.1) is 14.2 Å². The maximum Gasteiger partial charge on any atom is 0.160 e. The van der Waals surface area contributed by atoms with E-state index < -0.39 is 0 Å². The molecule has 0 unspecified atom stereocenters. The first-order valence-corrected chi connectivity index (χ1v) is 9.44. The molecule has 1 aliphatic rings. The van der Waals surface area contributed by atoms with Gasteiger partial charge < -0.3 is 9.47 Å². The molecule has 1 aliphatic carbocycles. The van der Waals surface area contributed by atoms with Crippen molar-refractivity contribution in [3.63, 3.8) is 0 Å². The van der Waals surface area contributed by atoms with Crippen molar-refractivity contribution < 1.29 is 14.3 Å². The number of methoxy groups -OCH3 is 2. The van der Waals surface area contributed by atoms with Crippen molar-refractivity contribution in [2.45, 2.75) is 18.8 Å². The second kappa shape index (κ2) is 6.96. The van der Waals surface area contributed by atoms with Gasteiger partial charge in [0, 0.05) is 16.0 Å². The zero-order valence-electron chi connectivity index (χ0n) is 14.8. The van der Waals surface area contributed by atoms with Gasteiger partial charge in [-0.05, 0) is 59.2 Å². The summed E-state index contributed by atoms with van der Waals surface area (Å²) in [6, 6.07) is 16.5. The number of ketones is 1. The average molecular weight is 364 g/mol. The van der Waals surface area contributed by atoms with Gasteiger partial charge in [0.2, 0.25) is 0 Å². The minimum atomic E-state index is 0.160. The van der Waals surface area contributed by atoms with E-state index in [1.807, 2.05) is 30.3 Å². The molecule has 1 atom stereocenters. The molecule has 0 N–H and O–H groups in total. The average Bonchev–Trinajstić information content (AvgIpc) is 3.11. The Balaban J connectivity index is 1.66. The number of ether oxygens (including phenoxy) is 2. The summed E-state index contributed by atoms with van der Waals surface area (Å²) in [5.74, 6) is 1.75. The zero-order chi connectivity index (χ0) is 18.1. The third-order valence-electron chi connectivity index (χ3n) is 4.87. The summed E-state index contributed by atoms with van der Waals surface area (Å²) in [6.45, 7) is 0. The highest BCUT2D eigenvalue weighted by molar-refractivity contribution is 7.20. The SMILES string of the molecule is COc1ccc([C@H]2CC(=O)C=C(c3cc4ccccc4s3)C2)cc1OC. The summed E-state index contributed by atoms with van der Waals surface area (Å²) in [6.07, 6.45) is 3.21. The first-order valence-electron chi connectivity index (χ1n) is 8.62. The fraction of sp³-hybridized carbons (Fsp3) is 0.227. The molecule has 0 saturated carbocycles. The van der Waals surface area contributed by atoms with Crippen LogP contribution >= 0.6 is 11.3 Å². The summed E-state index contributed by atoms with van der Waals surface area (Å²) in [7, 11) is 3.26. The molecule has 0 spiro atoms. The number of benzene rings is 2. The molecule has 0 saturated heterocycles. The van der Waals surface area contributed by atoms with Crippen LogP contribution in [0, 0.1) is 0 Å². The smallest absolute Gasteiger partial charge is 0.160 e. The molecule has 0 radical (unpaired) electrons. The Hall–Kier alpha value is -2.59. The summed E-state index contributed by atoms with van der Waals surface area (Å²) in [5.41, 5.74) is 2.24. The van der Waals surface area contributed by atoms with Gasteiger partial charge in [-0.1, -0.05) is 24.3 Å². The van der Waals surface area contributed by atoms with Gasteiger partial charge >= 0.3 is 0 Å². The van der Waals surface area contributed by atoms with E-state index in [4.69, 9.17) is 9.47 Å². The number of carbonyl (C=O) groups excluding carboxylic acids is 1. The van der Waals surface area contributed by atoms with E-state index in [2.05, 4.69) is 24.3 Å². The molecule has 3 aromatic rings. The molecular weight excluding hydrogens is 344 g/mol. The Morgan fingerprint density at radius 1 is 0.962 bits per heavy atom. The molecule has 1 aromatic heterocycles. The van der Waals surface area contributed by atoms with Gasteiger partial charge in [0.1, 0.15) is 0 Å². The molecule has 0 bridgehead atoms. The highest BCUT2D eigenvalue weighted by atomic mass is 32.1. The van der Waals surface area contributed by atoms with Crippen LogP contribution in [0.15, 0.2) is 54.6 Å². The van der Waals surface area contributed by atoms with Crippen molar-refractivity contribution in [2.75, 3.05) is 14.2 Å². The summed E-state index contributed by atoms with van der Waals surface area (Å²) in [4.78, 5) is 13.6. The molecule has 0 amide bonds. The molecular formula is C22H20O3S. The monoisotopic (exact) mass is 364 g/mol. The van der Waals surface area contributed by atoms with E-state index >= 15 is 0 Å². The van der Waals surface area contributed by atoms with Crippen molar-refractivity contribution in [1.82, 2.24) is 0 Å². The van der Waals surface area contributed by atoms with Crippen LogP contribution in [0.2, 0.25) is 0 Å². The Bertz CT molecular complexity index is 967. The zero-order valence-corrected chi connectivity index (χ0v) is 15.6. The van der Waals surface area contributed by atoms with Crippen molar-refractivity contribution >= 4 is 32.8 Å². The van der Waals surface area contributed by atoms with E-state index in [0.29, 0.717) is 17.9 Å². The first-order chi connectivity index (χ1) is 12.7. The normalized spacial score (nSPS) is 17.2. The lowest BCUT2D eigenvalue weighted by Gasteiger charge is -2.23. The van der Waals surface area contributed by atoms with Crippen LogP contribution in [-0.2, 0) is 4.79 Å². The lowest BCUT2D eigenvalue weighted by Crippen LogP contribution is -2.12. The third-order valence-corrected chi connectivity index (χ3v) is 6.06. The molecule has 3 nitrogen and oxygen atoms in total. The van der Waals surface area contributed by atoms with Crippen molar-refractivity contribution in [3.8, 4) is 11.5 Å². The molecule has 4 heteroatoms. The van der Waals surface area contributed by atoms with Crippen molar-refractivity contribution in [2.24, 2.45) is 0 Å². The van der Waals surface area contributed by atoms with E-state index in [0.717, 1.165) is 17.6 Å². The van der Waals surface area contributed by atoms with Crippen LogP contribution in [0.1, 0.15) is 29.2 Å². The van der Waals surface area contributed by atoms with Gasteiger partial charge in [-0.15, -0.1) is 11.3 Å². The van der Waals surface area contributed by atoms with Crippen molar-refractivity contribution in [1.29, 1.82) is 0 Å². The molecule has 2 aromatic carbocycles. The summed E-state index contributed by atoms with van der Waals surface area (Å²) in [5, 5.41) is 1.23. The lowest BCUT2D eigenvalue weighted by atomic mass is 9.82. The number of hydrogen-bond acceptors (Lipinski definition) is 4. The molecule has 4 rings (SSSR count). The van der Waals surface area contributed by atoms with E-state index in [1.54, 1.807) is 25.6 Å². The predicted octanol–water partition coefficient (Wildman–Crippen LogP) is 5.45. The predicted molar refractivity (Wildman–Crippen MR) is 106 cm³/mol. The maximum atomic E-state index is 12.4. The molecule has 1 heterocycles. The molecule has 26 heavy (non-hydrogen) atoms. The van der Waals surface area contributed by atoms with Crippen LogP contribution in [0.5, 0.6) is 11.5 Å². The Morgan fingerprint density at radius 2 is 1.77 bits per heavy atom. The van der Waals surface area contributed by atoms with Crippen LogP contribution in [0.25, 0.3) is 15.7 Å². The van der Waals surface area contributed by atoms with Crippen LogP contribution < -0.4 is 9.47 Å². The summed E-state index contributed by atoms with van der Waals surface area (Å²) >= 11 is 1.75. The number of carbonyl (C=O) groups is 1. The third kappa shape index (κ3) is 3.13. The Morgan fingerprint density at radius 3 is 2.54 bits per heavy atom. The maximum absolute atomic E-state index is 12.4. The van der Waals surface area contributed by atoms with Gasteiger partial charge in [-0.3, -0.25) is 4.79 Å². The highest BCUT2D eigenvalue weighted by Gasteiger charge is 2.24. The quantitative estimate of drug-likeness (QED) is 0.618. The Labute approximate surface area is 156 Å². The topological polar surface area (TPSA) is 35.5 Å². The molecule has 0 fully saturated rings. The fourth-order valence-corrected chi connectivity index (χ4v) is 4.63. The van der Waals surface area contributed by atoms with Crippen LogP contribution in [0.4, 0.5) is 0 Å². The standard InChI is InChI=1S/C22H20O3S/c1-24-19-8-7-14(12-20(19)25-2)16-9-17(11-18(23)10-16)22-13-15-5-3-4-6-21(15)26-22/h3-8,11-13,16H,9-10H2,1-2H3/t16-/m1/s1. The molecule has 0 aliphatic heterocycles. The van der Waals surface area contributed by atoms with Crippen LogP contribution in [-0.4, -0.2) is 20.0 Å². The van der Waals surface area contributed by atoms with Gasteiger partial charge in [0.25, 0.3) is 0 Å². The van der Waals surface area contributed by atoms with Gasteiger partial charge in [-0.25, -0.2) is 0 Å². The van der Waals surface area contributed by atoms with E-state index in [-0.39, 0.29) is 11.7 Å². The first kappa shape index (κ1) is 16.9. The fourth-order valence-electron chi connectivity index (χ4n) is 3.55. The van der Waals surface area contributed by atoms with Crippen molar-refractivity contribution in [3.05, 3.63) is 65.0 Å². The highest BCUT2D eigenvalue weighted by Crippen LogP contribution is 2.41. The second-order valence-electron chi connectivity index (χ2n) is 6.50. The summed E-state index contributed by atoms with van der Waals surface area (Å²) < 4.78 is 12.0. The van der Waals surface area contributed by atoms with E-state index in [9.17, 15) is 4.79 Å². The molecule has 132 valence electrons. The number of hydrogen-bond donors (Lipinski definition) is 0. The van der Waals surface area contributed by atoms with Crippen LogP contribution in [0.3, 0.4) is 0 Å². The minimum Gasteiger partial charge on any atom is -0.493 e. The number of allylic oxidation sites excluding steroid dienone is 2. The lowest BCUT2D eigenvalue weighted by molar-refractivity contribution is -0.115. The number of fused-ring (bicyclic) bond motifs is 1. The number of rotatable bonds is 4. The number of thiophene rings is 1. The minimum absolute atomic E-state index is 0.160.